The minimum atomic E-state index is -0.739. The third-order valence-electron chi connectivity index (χ3n) is 1.48. The third kappa shape index (κ3) is 1.11. The number of rotatable bonds is 0. The molecule has 0 radical (unpaired) electrons. The largest absolute Gasteiger partial charge is 0.396 e. The average molecular weight is 158 g/mol. The summed E-state index contributed by atoms with van der Waals surface area (Å²) in [6.45, 7) is 1.29. The smallest absolute Gasteiger partial charge is 0.152 e. The minimum Gasteiger partial charge on any atom is -0.396 e. The van der Waals surface area contributed by atoms with Crippen molar-refractivity contribution < 1.29 is 8.78 Å². The second kappa shape index (κ2) is 2.38. The van der Waals surface area contributed by atoms with Gasteiger partial charge in [-0.05, 0) is 13.0 Å². The maximum atomic E-state index is 12.8. The van der Waals surface area contributed by atoms with Gasteiger partial charge in [0, 0.05) is 5.56 Å². The van der Waals surface area contributed by atoms with E-state index < -0.39 is 11.6 Å². The van der Waals surface area contributed by atoms with Crippen LogP contribution in [0.25, 0.3) is 0 Å². The summed E-state index contributed by atoms with van der Waals surface area (Å²) in [6.07, 6.45) is 0. The van der Waals surface area contributed by atoms with E-state index >= 15 is 0 Å². The van der Waals surface area contributed by atoms with Gasteiger partial charge in [0.15, 0.2) is 11.6 Å². The maximum absolute atomic E-state index is 12.8. The predicted molar refractivity (Wildman–Crippen MR) is 39.9 cm³/mol. The molecule has 0 heterocycles. The molecule has 0 bridgehead atoms. The number of hydrogen-bond donors (Lipinski definition) is 2. The van der Waals surface area contributed by atoms with Gasteiger partial charge in [0.2, 0.25) is 0 Å². The zero-order valence-electron chi connectivity index (χ0n) is 5.99. The number of benzene rings is 1. The number of nitrogen functional groups attached to an aromatic ring is 2. The first-order valence-corrected chi connectivity index (χ1v) is 3.03. The van der Waals surface area contributed by atoms with E-state index in [9.17, 15) is 8.78 Å². The highest BCUT2D eigenvalue weighted by atomic mass is 19.1. The first-order chi connectivity index (χ1) is 5.04. The monoisotopic (exact) mass is 158 g/mol. The Kier molecular flexibility index (Phi) is 1.68. The molecule has 1 rings (SSSR count). The van der Waals surface area contributed by atoms with Crippen LogP contribution in [0.4, 0.5) is 20.2 Å². The molecule has 0 spiro atoms. The fraction of sp³-hybridized carbons (Fsp3) is 0.143. The van der Waals surface area contributed by atoms with Crippen LogP contribution in [0.5, 0.6) is 0 Å². The summed E-state index contributed by atoms with van der Waals surface area (Å²) in [5, 5.41) is 0. The highest BCUT2D eigenvalue weighted by molar-refractivity contribution is 5.56. The SMILES string of the molecule is Cc1c(F)c(N)cc(N)c1F. The van der Waals surface area contributed by atoms with Crippen LogP contribution in [0.1, 0.15) is 5.56 Å². The van der Waals surface area contributed by atoms with Gasteiger partial charge >= 0.3 is 0 Å². The first kappa shape index (κ1) is 7.78. The van der Waals surface area contributed by atoms with E-state index in [0.29, 0.717) is 0 Å². The Morgan fingerprint density at radius 2 is 1.45 bits per heavy atom. The quantitative estimate of drug-likeness (QED) is 0.561. The van der Waals surface area contributed by atoms with Crippen molar-refractivity contribution in [2.75, 3.05) is 11.5 Å². The van der Waals surface area contributed by atoms with Gasteiger partial charge in [-0.2, -0.15) is 0 Å². The molecular formula is C7H8F2N2. The van der Waals surface area contributed by atoms with Gasteiger partial charge in [-0.15, -0.1) is 0 Å². The molecule has 0 amide bonds. The molecule has 4 heteroatoms. The lowest BCUT2D eigenvalue weighted by atomic mass is 10.1. The molecule has 1 aromatic carbocycles. The molecule has 1 aromatic rings. The number of nitrogens with two attached hydrogens (primary N) is 2. The standard InChI is InChI=1S/C7H8F2N2/c1-3-6(8)4(10)2-5(11)7(3)9/h2H,10-11H2,1H3. The van der Waals surface area contributed by atoms with Crippen LogP contribution < -0.4 is 11.5 Å². The van der Waals surface area contributed by atoms with E-state index in [0.717, 1.165) is 6.07 Å². The molecule has 0 saturated carbocycles. The van der Waals surface area contributed by atoms with E-state index in [4.69, 9.17) is 11.5 Å². The molecule has 4 N–H and O–H groups in total. The third-order valence-corrected chi connectivity index (χ3v) is 1.48. The highest BCUT2D eigenvalue weighted by Gasteiger charge is 2.10. The van der Waals surface area contributed by atoms with E-state index in [1.54, 1.807) is 0 Å². The number of hydrogen-bond acceptors (Lipinski definition) is 2. The van der Waals surface area contributed by atoms with Crippen molar-refractivity contribution in [2.24, 2.45) is 0 Å². The molecule has 0 aliphatic carbocycles. The Bertz CT molecular complexity index is 271. The van der Waals surface area contributed by atoms with Gasteiger partial charge in [-0.1, -0.05) is 0 Å². The fourth-order valence-electron chi connectivity index (χ4n) is 0.824. The highest BCUT2D eigenvalue weighted by Crippen LogP contribution is 2.22. The molecular weight excluding hydrogens is 150 g/mol. The number of anilines is 2. The van der Waals surface area contributed by atoms with E-state index in [2.05, 4.69) is 0 Å². The summed E-state index contributed by atoms with van der Waals surface area (Å²) in [7, 11) is 0. The maximum Gasteiger partial charge on any atom is 0.152 e. The second-order valence-electron chi connectivity index (χ2n) is 2.31. The topological polar surface area (TPSA) is 52.0 Å². The summed E-state index contributed by atoms with van der Waals surface area (Å²) >= 11 is 0. The Balaban J connectivity index is 3.46. The summed E-state index contributed by atoms with van der Waals surface area (Å²) in [5.74, 6) is -1.48. The first-order valence-electron chi connectivity index (χ1n) is 3.03. The molecule has 0 saturated heterocycles. The van der Waals surface area contributed by atoms with E-state index in [1.165, 1.54) is 6.92 Å². The molecule has 0 fully saturated rings. The van der Waals surface area contributed by atoms with E-state index in [-0.39, 0.29) is 16.9 Å². The summed E-state index contributed by atoms with van der Waals surface area (Å²) < 4.78 is 25.5. The van der Waals surface area contributed by atoms with Crippen LogP contribution >= 0.6 is 0 Å². The van der Waals surface area contributed by atoms with Gasteiger partial charge < -0.3 is 11.5 Å². The second-order valence-corrected chi connectivity index (χ2v) is 2.31. The van der Waals surface area contributed by atoms with Crippen molar-refractivity contribution in [3.05, 3.63) is 23.3 Å². The summed E-state index contributed by atoms with van der Waals surface area (Å²) in [4.78, 5) is 0. The van der Waals surface area contributed by atoms with Crippen LogP contribution in [0.3, 0.4) is 0 Å². The van der Waals surface area contributed by atoms with Gasteiger partial charge in [-0.3, -0.25) is 0 Å². The van der Waals surface area contributed by atoms with Crippen LogP contribution in [0.2, 0.25) is 0 Å². The fourth-order valence-corrected chi connectivity index (χ4v) is 0.824. The molecule has 0 atom stereocenters. The zero-order chi connectivity index (χ0) is 8.59. The van der Waals surface area contributed by atoms with Crippen molar-refractivity contribution in [3.63, 3.8) is 0 Å². The van der Waals surface area contributed by atoms with Crippen LogP contribution in [-0.2, 0) is 0 Å². The van der Waals surface area contributed by atoms with Gasteiger partial charge in [0.25, 0.3) is 0 Å². The molecule has 60 valence electrons. The minimum absolute atomic E-state index is 0.124. The van der Waals surface area contributed by atoms with Crippen molar-refractivity contribution >= 4 is 11.4 Å². The molecule has 0 aliphatic rings. The van der Waals surface area contributed by atoms with Crippen molar-refractivity contribution in [3.8, 4) is 0 Å². The van der Waals surface area contributed by atoms with Crippen molar-refractivity contribution in [1.29, 1.82) is 0 Å². The molecule has 2 nitrogen and oxygen atoms in total. The van der Waals surface area contributed by atoms with Crippen molar-refractivity contribution in [2.45, 2.75) is 6.92 Å². The van der Waals surface area contributed by atoms with E-state index in [1.807, 2.05) is 0 Å². The van der Waals surface area contributed by atoms with Crippen molar-refractivity contribution in [1.82, 2.24) is 0 Å². The summed E-state index contributed by atoms with van der Waals surface area (Å²) in [5.41, 5.74) is 9.95. The normalized spacial score (nSPS) is 10.1. The zero-order valence-corrected chi connectivity index (χ0v) is 5.99. The van der Waals surface area contributed by atoms with Crippen LogP contribution in [0.15, 0.2) is 6.07 Å². The molecule has 11 heavy (non-hydrogen) atoms. The predicted octanol–water partition coefficient (Wildman–Crippen LogP) is 1.44. The molecule has 0 aliphatic heterocycles. The Morgan fingerprint density at radius 3 is 1.82 bits per heavy atom. The number of halogens is 2. The molecule has 0 unspecified atom stereocenters. The van der Waals surface area contributed by atoms with Gasteiger partial charge in [-0.25, -0.2) is 8.78 Å². The Hall–Kier alpha value is -1.32. The lowest BCUT2D eigenvalue weighted by Crippen LogP contribution is -2.01. The van der Waals surface area contributed by atoms with Gasteiger partial charge in [0.1, 0.15) is 0 Å². The van der Waals surface area contributed by atoms with Crippen LogP contribution in [-0.4, -0.2) is 0 Å². The Morgan fingerprint density at radius 1 is 1.09 bits per heavy atom. The average Bonchev–Trinajstić information content (AvgIpc) is 1.97. The van der Waals surface area contributed by atoms with Gasteiger partial charge in [0.05, 0.1) is 11.4 Å². The lowest BCUT2D eigenvalue weighted by Gasteiger charge is -2.04. The van der Waals surface area contributed by atoms with Crippen LogP contribution in [0, 0.1) is 18.6 Å². The lowest BCUT2D eigenvalue weighted by molar-refractivity contribution is 0.574. The Labute approximate surface area is 62.8 Å². The molecule has 0 aromatic heterocycles. The summed E-state index contributed by atoms with van der Waals surface area (Å²) in [6, 6.07) is 1.07.